The molecule has 26 heavy (non-hydrogen) atoms. The van der Waals surface area contributed by atoms with Crippen LogP contribution >= 0.6 is 0 Å². The number of nitrogens with one attached hydrogen (secondary N) is 2. The van der Waals surface area contributed by atoms with E-state index in [2.05, 4.69) is 25.6 Å². The number of carbonyl (C=O) groups is 2. The van der Waals surface area contributed by atoms with Crippen LogP contribution in [0.5, 0.6) is 0 Å². The fraction of sp³-hybridized carbons (Fsp3) is 0.167. The smallest absolute Gasteiger partial charge is 0.320 e. The van der Waals surface area contributed by atoms with Crippen molar-refractivity contribution in [2.75, 3.05) is 11.9 Å². The number of anilines is 1. The van der Waals surface area contributed by atoms with Crippen molar-refractivity contribution in [3.63, 3.8) is 0 Å². The lowest BCUT2D eigenvalue weighted by Crippen LogP contribution is -2.28. The van der Waals surface area contributed by atoms with Gasteiger partial charge in [0.15, 0.2) is 11.4 Å². The topological polar surface area (TPSA) is 96.9 Å². The summed E-state index contributed by atoms with van der Waals surface area (Å²) in [5.41, 5.74) is 1.54. The maximum atomic E-state index is 14.2. The Morgan fingerprint density at radius 3 is 2.69 bits per heavy atom. The van der Waals surface area contributed by atoms with Gasteiger partial charge in [0.25, 0.3) is 0 Å². The SMILES string of the molecule is CCNC(=O)Nc1ccc2ncc(-c3cc(C(C)=O)ccc3F)nc2n1. The highest BCUT2D eigenvalue weighted by Gasteiger charge is 2.12. The second kappa shape index (κ2) is 7.22. The van der Waals surface area contributed by atoms with Crippen LogP contribution < -0.4 is 10.6 Å². The largest absolute Gasteiger partial charge is 0.338 e. The molecule has 2 aromatic heterocycles. The van der Waals surface area contributed by atoms with Gasteiger partial charge < -0.3 is 5.32 Å². The molecule has 0 aliphatic heterocycles. The minimum Gasteiger partial charge on any atom is -0.338 e. The molecule has 0 fully saturated rings. The lowest BCUT2D eigenvalue weighted by Gasteiger charge is -2.07. The molecule has 0 spiro atoms. The summed E-state index contributed by atoms with van der Waals surface area (Å²) >= 11 is 0. The summed E-state index contributed by atoms with van der Waals surface area (Å²) in [5.74, 6) is -0.389. The van der Waals surface area contributed by atoms with Crippen LogP contribution in [0.15, 0.2) is 36.5 Å². The van der Waals surface area contributed by atoms with Crippen LogP contribution in [-0.4, -0.2) is 33.3 Å². The van der Waals surface area contributed by atoms with Gasteiger partial charge in [-0.05, 0) is 44.2 Å². The van der Waals surface area contributed by atoms with Crippen LogP contribution in [0.25, 0.3) is 22.4 Å². The number of halogens is 1. The fourth-order valence-electron chi connectivity index (χ4n) is 2.36. The van der Waals surface area contributed by atoms with Gasteiger partial charge >= 0.3 is 6.03 Å². The zero-order valence-electron chi connectivity index (χ0n) is 14.2. The zero-order valence-corrected chi connectivity index (χ0v) is 14.2. The van der Waals surface area contributed by atoms with Crippen molar-refractivity contribution in [1.29, 1.82) is 0 Å². The van der Waals surface area contributed by atoms with E-state index in [9.17, 15) is 14.0 Å². The Morgan fingerprint density at radius 2 is 1.96 bits per heavy atom. The number of hydrogen-bond donors (Lipinski definition) is 2. The molecular formula is C18H16FN5O2. The molecule has 3 aromatic rings. The number of ketones is 1. The molecule has 3 rings (SSSR count). The van der Waals surface area contributed by atoms with E-state index in [0.717, 1.165) is 0 Å². The Balaban J connectivity index is 2.02. The summed E-state index contributed by atoms with van der Waals surface area (Å²) in [7, 11) is 0. The quantitative estimate of drug-likeness (QED) is 0.702. The molecule has 132 valence electrons. The predicted molar refractivity (Wildman–Crippen MR) is 95.4 cm³/mol. The number of hydrogen-bond acceptors (Lipinski definition) is 5. The summed E-state index contributed by atoms with van der Waals surface area (Å²) in [6, 6.07) is 6.94. The van der Waals surface area contributed by atoms with E-state index in [-0.39, 0.29) is 28.7 Å². The van der Waals surface area contributed by atoms with Gasteiger partial charge in [-0.15, -0.1) is 0 Å². The molecule has 2 amide bonds. The van der Waals surface area contributed by atoms with E-state index >= 15 is 0 Å². The summed E-state index contributed by atoms with van der Waals surface area (Å²) in [4.78, 5) is 35.9. The molecule has 0 saturated heterocycles. The number of pyridine rings is 1. The molecule has 8 heteroatoms. The fourth-order valence-corrected chi connectivity index (χ4v) is 2.36. The maximum absolute atomic E-state index is 14.2. The first kappa shape index (κ1) is 17.4. The normalized spacial score (nSPS) is 10.6. The average Bonchev–Trinajstić information content (AvgIpc) is 2.61. The van der Waals surface area contributed by atoms with Crippen LogP contribution in [0.3, 0.4) is 0 Å². The predicted octanol–water partition coefficient (Wildman–Crippen LogP) is 3.17. The number of Topliss-reactive ketones (excluding diaryl/α,β-unsaturated/α-hetero) is 1. The minimum atomic E-state index is -0.514. The summed E-state index contributed by atoms with van der Waals surface area (Å²) in [5, 5.41) is 5.18. The summed E-state index contributed by atoms with van der Waals surface area (Å²) < 4.78 is 14.2. The second-order valence-corrected chi connectivity index (χ2v) is 5.53. The van der Waals surface area contributed by atoms with Gasteiger partial charge in [-0.1, -0.05) is 0 Å². The summed E-state index contributed by atoms with van der Waals surface area (Å²) in [6.07, 6.45) is 1.42. The number of nitrogens with zero attached hydrogens (tertiary/aromatic N) is 3. The monoisotopic (exact) mass is 353 g/mol. The Hall–Kier alpha value is -3.42. The van der Waals surface area contributed by atoms with Gasteiger partial charge in [0.05, 0.1) is 11.9 Å². The standard InChI is InChI=1S/C18H16FN5O2/c1-3-20-18(26)24-16-7-6-14-17(23-16)22-15(9-21-14)12-8-11(10(2)25)4-5-13(12)19/h4-9H,3H2,1-2H3,(H2,20,22,23,24,26). The molecule has 0 aliphatic rings. The first-order chi connectivity index (χ1) is 12.5. The van der Waals surface area contributed by atoms with Gasteiger partial charge in [0.1, 0.15) is 17.2 Å². The molecular weight excluding hydrogens is 337 g/mol. The average molecular weight is 353 g/mol. The highest BCUT2D eigenvalue weighted by molar-refractivity contribution is 5.95. The third-order valence-corrected chi connectivity index (χ3v) is 3.63. The lowest BCUT2D eigenvalue weighted by molar-refractivity contribution is 0.101. The molecule has 1 aromatic carbocycles. The number of benzene rings is 1. The van der Waals surface area contributed by atoms with Crippen molar-refractivity contribution in [1.82, 2.24) is 20.3 Å². The molecule has 2 N–H and O–H groups in total. The minimum absolute atomic E-state index is 0.163. The van der Waals surface area contributed by atoms with Crippen molar-refractivity contribution in [3.8, 4) is 11.3 Å². The van der Waals surface area contributed by atoms with Crippen molar-refractivity contribution in [2.45, 2.75) is 13.8 Å². The third kappa shape index (κ3) is 3.64. The number of rotatable bonds is 4. The Morgan fingerprint density at radius 1 is 1.15 bits per heavy atom. The van der Waals surface area contributed by atoms with E-state index in [1.54, 1.807) is 19.1 Å². The van der Waals surface area contributed by atoms with Crippen molar-refractivity contribution >= 4 is 28.8 Å². The first-order valence-corrected chi connectivity index (χ1v) is 7.97. The van der Waals surface area contributed by atoms with Crippen molar-refractivity contribution in [2.24, 2.45) is 0 Å². The lowest BCUT2D eigenvalue weighted by atomic mass is 10.1. The highest BCUT2D eigenvalue weighted by Crippen LogP contribution is 2.24. The molecule has 0 unspecified atom stereocenters. The third-order valence-electron chi connectivity index (χ3n) is 3.63. The zero-order chi connectivity index (χ0) is 18.7. The number of carbonyl (C=O) groups excluding carboxylic acids is 2. The van der Waals surface area contributed by atoms with Crippen molar-refractivity contribution in [3.05, 3.63) is 47.9 Å². The number of amides is 2. The van der Waals surface area contributed by atoms with Crippen molar-refractivity contribution < 1.29 is 14.0 Å². The number of aromatic nitrogens is 3. The van der Waals surface area contributed by atoms with Gasteiger partial charge in [0.2, 0.25) is 0 Å². The Kier molecular flexibility index (Phi) is 4.83. The van der Waals surface area contributed by atoms with Crippen LogP contribution in [-0.2, 0) is 0 Å². The van der Waals surface area contributed by atoms with Gasteiger partial charge in [-0.2, -0.15) is 0 Å². The molecule has 0 radical (unpaired) electrons. The van der Waals surface area contributed by atoms with E-state index in [0.29, 0.717) is 23.4 Å². The van der Waals surface area contributed by atoms with E-state index in [1.807, 2.05) is 0 Å². The molecule has 0 bridgehead atoms. The Bertz CT molecular complexity index is 1010. The van der Waals surface area contributed by atoms with Crippen LogP contribution in [0.2, 0.25) is 0 Å². The molecule has 2 heterocycles. The van der Waals surface area contributed by atoms with E-state index in [1.165, 1.54) is 31.3 Å². The van der Waals surface area contributed by atoms with Crippen LogP contribution in [0.1, 0.15) is 24.2 Å². The molecule has 0 saturated carbocycles. The van der Waals surface area contributed by atoms with Gasteiger partial charge in [0, 0.05) is 17.7 Å². The highest BCUT2D eigenvalue weighted by atomic mass is 19.1. The number of fused-ring (bicyclic) bond motifs is 1. The first-order valence-electron chi connectivity index (χ1n) is 7.97. The van der Waals surface area contributed by atoms with E-state index in [4.69, 9.17) is 0 Å². The second-order valence-electron chi connectivity index (χ2n) is 5.53. The van der Waals surface area contributed by atoms with E-state index < -0.39 is 5.82 Å². The number of urea groups is 1. The molecule has 0 aliphatic carbocycles. The summed E-state index contributed by atoms with van der Waals surface area (Å²) in [6.45, 7) is 3.69. The maximum Gasteiger partial charge on any atom is 0.320 e. The molecule has 0 atom stereocenters. The van der Waals surface area contributed by atoms with Gasteiger partial charge in [-0.25, -0.2) is 19.2 Å². The van der Waals surface area contributed by atoms with Gasteiger partial charge in [-0.3, -0.25) is 15.1 Å². The van der Waals surface area contributed by atoms with Crippen LogP contribution in [0, 0.1) is 5.82 Å². The van der Waals surface area contributed by atoms with Crippen LogP contribution in [0.4, 0.5) is 15.0 Å². The molecule has 7 nitrogen and oxygen atoms in total. The Labute approximate surface area is 148 Å².